The number of fused-ring (bicyclic) bond motifs is 5. The number of hydrogen-bond acceptors (Lipinski definition) is 5. The highest BCUT2D eigenvalue weighted by Crippen LogP contribution is 2.44. The van der Waals surface area contributed by atoms with Crippen LogP contribution >= 0.6 is 11.6 Å². The summed E-state index contributed by atoms with van der Waals surface area (Å²) < 4.78 is 11.5. The molecular weight excluding hydrogens is 422 g/mol. The maximum Gasteiger partial charge on any atom is 0.408 e. The van der Waals surface area contributed by atoms with Gasteiger partial charge in [0, 0.05) is 28.3 Å². The number of ether oxygens (including phenoxy) is 2. The second-order valence-electron chi connectivity index (χ2n) is 8.02. The molecule has 31 heavy (non-hydrogen) atoms. The van der Waals surface area contributed by atoms with Crippen molar-refractivity contribution in [2.24, 2.45) is 0 Å². The van der Waals surface area contributed by atoms with E-state index in [-0.39, 0.29) is 5.78 Å². The zero-order valence-electron chi connectivity index (χ0n) is 16.6. The van der Waals surface area contributed by atoms with Crippen LogP contribution in [0.15, 0.2) is 30.3 Å². The van der Waals surface area contributed by atoms with E-state index in [9.17, 15) is 19.5 Å². The van der Waals surface area contributed by atoms with Crippen molar-refractivity contribution in [3.8, 4) is 16.9 Å². The Hall–Kier alpha value is -3.06. The van der Waals surface area contributed by atoms with Crippen LogP contribution < -0.4 is 4.74 Å². The van der Waals surface area contributed by atoms with Gasteiger partial charge in [-0.1, -0.05) is 23.7 Å². The van der Waals surface area contributed by atoms with Gasteiger partial charge in [-0.15, -0.1) is 0 Å². The van der Waals surface area contributed by atoms with E-state index in [1.165, 1.54) is 0 Å². The third-order valence-electron chi connectivity index (χ3n) is 6.23. The number of esters is 1. The summed E-state index contributed by atoms with van der Waals surface area (Å²) in [6.07, 6.45) is -0.186. The van der Waals surface area contributed by atoms with Gasteiger partial charge in [0.15, 0.2) is 6.10 Å². The van der Waals surface area contributed by atoms with Gasteiger partial charge >= 0.3 is 12.1 Å². The number of nitrogens with zero attached hydrogens (tertiary/aromatic N) is 1. The molecule has 1 amide bonds. The summed E-state index contributed by atoms with van der Waals surface area (Å²) in [5.41, 5.74) is 4.26. The van der Waals surface area contributed by atoms with Gasteiger partial charge in [0.05, 0.1) is 0 Å². The fourth-order valence-electron chi connectivity index (χ4n) is 4.73. The molecule has 0 spiro atoms. The van der Waals surface area contributed by atoms with Crippen LogP contribution in [-0.2, 0) is 22.6 Å². The van der Waals surface area contributed by atoms with Crippen molar-refractivity contribution in [1.29, 1.82) is 0 Å². The van der Waals surface area contributed by atoms with E-state index in [2.05, 4.69) is 0 Å². The molecule has 2 aliphatic heterocycles. The maximum atomic E-state index is 13.1. The molecule has 2 aromatic rings. The molecule has 2 aromatic carbocycles. The second-order valence-corrected chi connectivity index (χ2v) is 8.46. The zero-order chi connectivity index (χ0) is 21.7. The minimum atomic E-state index is -1.15. The number of halogens is 1. The standard InChI is InChI=1S/C23H20ClNO6/c24-13-3-4-14-12(10-13)11-30-21-16(14)6-5-15-17(21)7-8-19(20(15)26)31-22(27)18-2-1-9-25(18)23(28)29/h3-6,10,18-19H,1-2,7-9,11H2,(H,28,29). The molecule has 2 heterocycles. The van der Waals surface area contributed by atoms with Gasteiger partial charge in [0.2, 0.25) is 5.78 Å². The molecule has 0 radical (unpaired) electrons. The topological polar surface area (TPSA) is 93.1 Å². The maximum absolute atomic E-state index is 13.1. The highest BCUT2D eigenvalue weighted by molar-refractivity contribution is 6.30. The van der Waals surface area contributed by atoms with E-state index < -0.39 is 24.2 Å². The van der Waals surface area contributed by atoms with Gasteiger partial charge in [0.25, 0.3) is 0 Å². The van der Waals surface area contributed by atoms with E-state index in [0.717, 1.165) is 27.2 Å². The van der Waals surface area contributed by atoms with Crippen LogP contribution in [0, 0.1) is 0 Å². The van der Waals surface area contributed by atoms with Crippen molar-refractivity contribution in [1.82, 2.24) is 4.90 Å². The molecule has 2 unspecified atom stereocenters. The highest BCUT2D eigenvalue weighted by atomic mass is 35.5. The molecule has 2 atom stereocenters. The predicted octanol–water partition coefficient (Wildman–Crippen LogP) is 4.08. The summed E-state index contributed by atoms with van der Waals surface area (Å²) in [7, 11) is 0. The first-order valence-corrected chi connectivity index (χ1v) is 10.6. The summed E-state index contributed by atoms with van der Waals surface area (Å²) in [6, 6.07) is 8.43. The quantitative estimate of drug-likeness (QED) is 0.706. The molecule has 0 saturated carbocycles. The van der Waals surface area contributed by atoms with Crippen LogP contribution in [0.2, 0.25) is 5.02 Å². The number of rotatable bonds is 2. The first kappa shape index (κ1) is 19.9. The lowest BCUT2D eigenvalue weighted by molar-refractivity contribution is -0.152. The molecule has 0 aromatic heterocycles. The molecule has 5 rings (SSSR count). The number of carboxylic acid groups (broad SMARTS) is 1. The summed E-state index contributed by atoms with van der Waals surface area (Å²) in [5.74, 6) is -0.234. The summed E-state index contributed by atoms with van der Waals surface area (Å²) in [4.78, 5) is 38.0. The third kappa shape index (κ3) is 3.33. The Bertz CT molecular complexity index is 1110. The normalized spacial score (nSPS) is 21.6. The lowest BCUT2D eigenvalue weighted by atomic mass is 9.84. The lowest BCUT2D eigenvalue weighted by Gasteiger charge is -2.30. The Balaban J connectivity index is 1.39. The minimum Gasteiger partial charge on any atom is -0.488 e. The fourth-order valence-corrected chi connectivity index (χ4v) is 4.92. The van der Waals surface area contributed by atoms with Gasteiger partial charge in [-0.2, -0.15) is 0 Å². The van der Waals surface area contributed by atoms with E-state index in [0.29, 0.717) is 55.2 Å². The summed E-state index contributed by atoms with van der Waals surface area (Å²) >= 11 is 6.09. The Labute approximate surface area is 183 Å². The van der Waals surface area contributed by atoms with E-state index in [4.69, 9.17) is 21.1 Å². The van der Waals surface area contributed by atoms with Crippen LogP contribution in [0.4, 0.5) is 4.79 Å². The number of Topliss-reactive ketones (excluding diaryl/α,β-unsaturated/α-hetero) is 1. The molecular formula is C23H20ClNO6. The van der Waals surface area contributed by atoms with Gasteiger partial charge in [0.1, 0.15) is 18.4 Å². The van der Waals surface area contributed by atoms with Crippen LogP contribution in [-0.4, -0.2) is 46.5 Å². The first-order valence-electron chi connectivity index (χ1n) is 10.3. The fraction of sp³-hybridized carbons (Fsp3) is 0.348. The molecule has 3 aliphatic rings. The van der Waals surface area contributed by atoms with Crippen LogP contribution in [0.1, 0.15) is 40.7 Å². The van der Waals surface area contributed by atoms with Crippen LogP contribution in [0.3, 0.4) is 0 Å². The number of benzene rings is 2. The van der Waals surface area contributed by atoms with Crippen molar-refractivity contribution in [3.05, 3.63) is 52.0 Å². The average Bonchev–Trinajstić information content (AvgIpc) is 3.25. The molecule has 160 valence electrons. The van der Waals surface area contributed by atoms with Crippen LogP contribution in [0.25, 0.3) is 11.1 Å². The van der Waals surface area contributed by atoms with Crippen molar-refractivity contribution in [2.75, 3.05) is 6.54 Å². The predicted molar refractivity (Wildman–Crippen MR) is 112 cm³/mol. The molecule has 1 aliphatic carbocycles. The summed E-state index contributed by atoms with van der Waals surface area (Å²) in [5, 5.41) is 9.89. The van der Waals surface area contributed by atoms with Crippen molar-refractivity contribution in [2.45, 2.75) is 44.4 Å². The van der Waals surface area contributed by atoms with Crippen LogP contribution in [0.5, 0.6) is 5.75 Å². The largest absolute Gasteiger partial charge is 0.488 e. The average molecular weight is 442 g/mol. The SMILES string of the molecule is O=C1c2ccc3c(c2CCC1OC(=O)C1CCCN1C(=O)O)OCc1cc(Cl)ccc1-3. The number of ketones is 1. The number of likely N-dealkylation sites (tertiary alicyclic amines) is 1. The number of hydrogen-bond donors (Lipinski definition) is 1. The second kappa shape index (κ2) is 7.57. The number of carbonyl (C=O) groups excluding carboxylic acids is 2. The smallest absolute Gasteiger partial charge is 0.408 e. The highest BCUT2D eigenvalue weighted by Gasteiger charge is 2.39. The Morgan fingerprint density at radius 1 is 1.13 bits per heavy atom. The molecule has 7 nitrogen and oxygen atoms in total. The van der Waals surface area contributed by atoms with Gasteiger partial charge in [-0.3, -0.25) is 9.69 Å². The summed E-state index contributed by atoms with van der Waals surface area (Å²) in [6.45, 7) is 0.672. The third-order valence-corrected chi connectivity index (χ3v) is 6.47. The molecule has 1 fully saturated rings. The van der Waals surface area contributed by atoms with Crippen molar-refractivity contribution in [3.63, 3.8) is 0 Å². The van der Waals surface area contributed by atoms with E-state index in [1.807, 2.05) is 24.3 Å². The molecule has 1 saturated heterocycles. The Morgan fingerprint density at radius 2 is 1.90 bits per heavy atom. The van der Waals surface area contributed by atoms with E-state index >= 15 is 0 Å². The lowest BCUT2D eigenvalue weighted by Crippen LogP contribution is -2.43. The van der Waals surface area contributed by atoms with Gasteiger partial charge < -0.3 is 14.6 Å². The minimum absolute atomic E-state index is 0.275. The monoisotopic (exact) mass is 441 g/mol. The van der Waals surface area contributed by atoms with Gasteiger partial charge in [-0.25, -0.2) is 9.59 Å². The van der Waals surface area contributed by atoms with Crippen molar-refractivity contribution < 1.29 is 29.0 Å². The molecule has 1 N–H and O–H groups in total. The van der Waals surface area contributed by atoms with Crippen molar-refractivity contribution >= 4 is 29.4 Å². The molecule has 0 bridgehead atoms. The first-order chi connectivity index (χ1) is 14.9. The zero-order valence-corrected chi connectivity index (χ0v) is 17.4. The Kier molecular flexibility index (Phi) is 4.85. The number of carbonyl (C=O) groups is 3. The van der Waals surface area contributed by atoms with Gasteiger partial charge in [-0.05, 0) is 55.0 Å². The Morgan fingerprint density at radius 3 is 2.71 bits per heavy atom. The van der Waals surface area contributed by atoms with E-state index in [1.54, 1.807) is 6.07 Å². The molecule has 8 heteroatoms. The number of amides is 1.